The van der Waals surface area contributed by atoms with Crippen molar-refractivity contribution in [3.63, 3.8) is 0 Å². The predicted octanol–water partition coefficient (Wildman–Crippen LogP) is 2.94. The number of amides is 1. The molecule has 0 bridgehead atoms. The van der Waals surface area contributed by atoms with Gasteiger partial charge in [0, 0.05) is 20.1 Å². The van der Waals surface area contributed by atoms with Gasteiger partial charge in [-0.15, -0.1) is 0 Å². The number of para-hydroxylation sites is 2. The second-order valence-corrected chi connectivity index (χ2v) is 5.52. The minimum Gasteiger partial charge on any atom is -0.493 e. The molecule has 126 valence electrons. The van der Waals surface area contributed by atoms with E-state index in [1.165, 1.54) is 26.4 Å². The number of ether oxygens (including phenoxy) is 2. The molecule has 1 amide bonds. The Morgan fingerprint density at radius 2 is 1.75 bits per heavy atom. The van der Waals surface area contributed by atoms with Crippen LogP contribution in [0.5, 0.6) is 11.5 Å². The van der Waals surface area contributed by atoms with Crippen LogP contribution in [0.15, 0.2) is 36.4 Å². The van der Waals surface area contributed by atoms with Crippen LogP contribution < -0.4 is 19.3 Å². The van der Waals surface area contributed by atoms with Crippen LogP contribution >= 0.6 is 0 Å². The SMILES string of the molecule is COc1ccc(F)c(C(=O)N2CCN(C)c3ccccc32)c1OC. The van der Waals surface area contributed by atoms with Gasteiger partial charge in [-0.1, -0.05) is 12.1 Å². The average molecular weight is 330 g/mol. The number of methoxy groups -OCH3 is 2. The van der Waals surface area contributed by atoms with E-state index in [2.05, 4.69) is 4.90 Å². The summed E-state index contributed by atoms with van der Waals surface area (Å²) in [5.74, 6) is -0.638. The number of halogens is 1. The van der Waals surface area contributed by atoms with Crippen molar-refractivity contribution in [3.8, 4) is 11.5 Å². The Morgan fingerprint density at radius 1 is 1.04 bits per heavy atom. The van der Waals surface area contributed by atoms with E-state index in [9.17, 15) is 9.18 Å². The topological polar surface area (TPSA) is 42.0 Å². The maximum absolute atomic E-state index is 14.4. The van der Waals surface area contributed by atoms with Crippen LogP contribution in [0.1, 0.15) is 10.4 Å². The molecule has 24 heavy (non-hydrogen) atoms. The summed E-state index contributed by atoms with van der Waals surface area (Å²) in [4.78, 5) is 16.7. The van der Waals surface area contributed by atoms with Gasteiger partial charge in [0.1, 0.15) is 11.4 Å². The van der Waals surface area contributed by atoms with E-state index in [0.29, 0.717) is 18.8 Å². The molecule has 1 aliphatic heterocycles. The van der Waals surface area contributed by atoms with Gasteiger partial charge in [0.15, 0.2) is 11.5 Å². The smallest absolute Gasteiger partial charge is 0.265 e. The molecule has 2 aromatic carbocycles. The fourth-order valence-corrected chi connectivity index (χ4v) is 2.95. The van der Waals surface area contributed by atoms with E-state index >= 15 is 0 Å². The lowest BCUT2D eigenvalue weighted by Crippen LogP contribution is -2.43. The van der Waals surface area contributed by atoms with Crippen LogP contribution in [0.4, 0.5) is 15.8 Å². The molecule has 1 heterocycles. The number of fused-ring (bicyclic) bond motifs is 1. The lowest BCUT2D eigenvalue weighted by atomic mass is 10.1. The van der Waals surface area contributed by atoms with Gasteiger partial charge in [-0.05, 0) is 24.3 Å². The largest absolute Gasteiger partial charge is 0.493 e. The minimum absolute atomic E-state index is 0.110. The fraction of sp³-hybridized carbons (Fsp3) is 0.278. The normalized spacial score (nSPS) is 13.5. The molecule has 0 radical (unpaired) electrons. The highest BCUT2D eigenvalue weighted by molar-refractivity contribution is 6.10. The summed E-state index contributed by atoms with van der Waals surface area (Å²) in [5.41, 5.74) is 1.57. The standard InChI is InChI=1S/C18H19FN2O3/c1-20-10-11-21(14-7-5-4-6-13(14)20)18(22)16-12(19)8-9-15(23-2)17(16)24-3/h4-9H,10-11H2,1-3H3. The monoisotopic (exact) mass is 330 g/mol. The quantitative estimate of drug-likeness (QED) is 0.868. The maximum Gasteiger partial charge on any atom is 0.265 e. The molecule has 0 saturated heterocycles. The van der Waals surface area contributed by atoms with Crippen molar-refractivity contribution in [2.45, 2.75) is 0 Å². The van der Waals surface area contributed by atoms with Gasteiger partial charge in [0.2, 0.25) is 0 Å². The fourth-order valence-electron chi connectivity index (χ4n) is 2.95. The molecule has 0 unspecified atom stereocenters. The number of nitrogens with zero attached hydrogens (tertiary/aromatic N) is 2. The van der Waals surface area contributed by atoms with Gasteiger partial charge in [0.05, 0.1) is 25.6 Å². The Labute approximate surface area is 140 Å². The number of carbonyl (C=O) groups excluding carboxylic acids is 1. The van der Waals surface area contributed by atoms with Crippen molar-refractivity contribution in [1.82, 2.24) is 0 Å². The van der Waals surface area contributed by atoms with Gasteiger partial charge in [-0.25, -0.2) is 4.39 Å². The molecule has 0 saturated carbocycles. The van der Waals surface area contributed by atoms with Gasteiger partial charge in [0.25, 0.3) is 5.91 Å². The third kappa shape index (κ3) is 2.54. The molecule has 0 aromatic heterocycles. The van der Waals surface area contributed by atoms with Gasteiger partial charge in [-0.2, -0.15) is 0 Å². The third-order valence-corrected chi connectivity index (χ3v) is 4.20. The summed E-state index contributed by atoms with van der Waals surface area (Å²) in [5, 5.41) is 0. The van der Waals surface area contributed by atoms with E-state index in [1.807, 2.05) is 31.3 Å². The first-order chi connectivity index (χ1) is 11.6. The third-order valence-electron chi connectivity index (χ3n) is 4.20. The lowest BCUT2D eigenvalue weighted by Gasteiger charge is -2.35. The lowest BCUT2D eigenvalue weighted by molar-refractivity contribution is 0.0979. The maximum atomic E-state index is 14.4. The zero-order chi connectivity index (χ0) is 17.3. The molecule has 0 N–H and O–H groups in total. The highest BCUT2D eigenvalue weighted by atomic mass is 19.1. The average Bonchev–Trinajstić information content (AvgIpc) is 2.61. The summed E-state index contributed by atoms with van der Waals surface area (Å²) in [6, 6.07) is 10.2. The molecule has 5 nitrogen and oxygen atoms in total. The second kappa shape index (κ2) is 6.39. The second-order valence-electron chi connectivity index (χ2n) is 5.52. The summed E-state index contributed by atoms with van der Waals surface area (Å²) in [7, 11) is 4.81. The molecule has 2 aromatic rings. The molecular weight excluding hydrogens is 311 g/mol. The predicted molar refractivity (Wildman–Crippen MR) is 90.9 cm³/mol. The summed E-state index contributed by atoms with van der Waals surface area (Å²) >= 11 is 0. The zero-order valence-corrected chi connectivity index (χ0v) is 13.9. The van der Waals surface area contributed by atoms with Crippen LogP contribution in [0, 0.1) is 5.82 Å². The number of rotatable bonds is 3. The summed E-state index contributed by atoms with van der Waals surface area (Å²) in [6.45, 7) is 1.13. The molecular formula is C18H19FN2O3. The molecule has 6 heteroatoms. The van der Waals surface area contributed by atoms with Gasteiger partial charge in [-0.3, -0.25) is 4.79 Å². The highest BCUT2D eigenvalue weighted by Crippen LogP contribution is 2.37. The first-order valence-electron chi connectivity index (χ1n) is 7.61. The van der Waals surface area contributed by atoms with Crippen molar-refractivity contribution in [3.05, 3.63) is 47.8 Å². The Kier molecular flexibility index (Phi) is 4.29. The van der Waals surface area contributed by atoms with Crippen LogP contribution in [0.3, 0.4) is 0 Å². The van der Waals surface area contributed by atoms with Crippen LogP contribution in [-0.2, 0) is 0 Å². The van der Waals surface area contributed by atoms with Crippen molar-refractivity contribution in [2.24, 2.45) is 0 Å². The number of hydrogen-bond donors (Lipinski definition) is 0. The van der Waals surface area contributed by atoms with Gasteiger partial charge < -0.3 is 19.3 Å². The Bertz CT molecular complexity index is 779. The Morgan fingerprint density at radius 3 is 2.42 bits per heavy atom. The van der Waals surface area contributed by atoms with E-state index < -0.39 is 11.7 Å². The zero-order valence-electron chi connectivity index (χ0n) is 13.9. The molecule has 0 fully saturated rings. The number of benzene rings is 2. The molecule has 0 spiro atoms. The van der Waals surface area contributed by atoms with E-state index in [1.54, 1.807) is 4.90 Å². The van der Waals surface area contributed by atoms with Crippen molar-refractivity contribution >= 4 is 17.3 Å². The first-order valence-corrected chi connectivity index (χ1v) is 7.61. The van der Waals surface area contributed by atoms with Crippen LogP contribution in [0.25, 0.3) is 0 Å². The molecule has 0 aliphatic carbocycles. The molecule has 1 aliphatic rings. The minimum atomic E-state index is -0.631. The first kappa shape index (κ1) is 16.1. The number of anilines is 2. The van der Waals surface area contributed by atoms with E-state index in [-0.39, 0.29) is 11.3 Å². The van der Waals surface area contributed by atoms with Crippen molar-refractivity contribution < 1.29 is 18.7 Å². The van der Waals surface area contributed by atoms with E-state index in [4.69, 9.17) is 9.47 Å². The molecule has 0 atom stereocenters. The summed E-state index contributed by atoms with van der Waals surface area (Å²) < 4.78 is 24.8. The molecule has 3 rings (SSSR count). The Hall–Kier alpha value is -2.76. The number of hydrogen-bond acceptors (Lipinski definition) is 4. The summed E-state index contributed by atoms with van der Waals surface area (Å²) in [6.07, 6.45) is 0. The van der Waals surface area contributed by atoms with Crippen molar-refractivity contribution in [1.29, 1.82) is 0 Å². The van der Waals surface area contributed by atoms with Gasteiger partial charge >= 0.3 is 0 Å². The highest BCUT2D eigenvalue weighted by Gasteiger charge is 2.30. The number of carbonyl (C=O) groups is 1. The van der Waals surface area contributed by atoms with Crippen molar-refractivity contribution in [2.75, 3.05) is 44.2 Å². The Balaban J connectivity index is 2.10. The number of likely N-dealkylation sites (N-methyl/N-ethyl adjacent to an activating group) is 1. The van der Waals surface area contributed by atoms with Crippen LogP contribution in [0.2, 0.25) is 0 Å². The van der Waals surface area contributed by atoms with E-state index in [0.717, 1.165) is 11.4 Å². The van der Waals surface area contributed by atoms with Crippen LogP contribution in [-0.4, -0.2) is 40.3 Å².